The Morgan fingerprint density at radius 2 is 2.12 bits per heavy atom. The third kappa shape index (κ3) is 2.90. The van der Waals surface area contributed by atoms with E-state index in [1.165, 1.54) is 0 Å². The van der Waals surface area contributed by atoms with Gasteiger partial charge in [0.05, 0.1) is 16.3 Å². The van der Waals surface area contributed by atoms with E-state index in [-0.39, 0.29) is 11.9 Å². The summed E-state index contributed by atoms with van der Waals surface area (Å²) in [6, 6.07) is 5.23. The molecule has 1 aliphatic heterocycles. The Bertz CT molecular complexity index is 417. The topological polar surface area (TPSA) is 64.4 Å². The van der Waals surface area contributed by atoms with Gasteiger partial charge < -0.3 is 15.8 Å². The van der Waals surface area contributed by atoms with Crippen LogP contribution in [-0.2, 0) is 4.74 Å². The first-order chi connectivity index (χ1) is 8.18. The van der Waals surface area contributed by atoms with Crippen LogP contribution in [0.2, 0.25) is 5.02 Å². The van der Waals surface area contributed by atoms with Gasteiger partial charge in [-0.15, -0.1) is 0 Å². The fourth-order valence-corrected chi connectivity index (χ4v) is 2.01. The van der Waals surface area contributed by atoms with E-state index in [9.17, 15) is 4.79 Å². The number of nitrogens with one attached hydrogen (secondary N) is 1. The first-order valence-corrected chi connectivity index (χ1v) is 5.99. The highest BCUT2D eigenvalue weighted by Crippen LogP contribution is 2.22. The van der Waals surface area contributed by atoms with E-state index in [2.05, 4.69) is 5.32 Å². The summed E-state index contributed by atoms with van der Waals surface area (Å²) in [6.45, 7) is 1.38. The normalized spacial score (nSPS) is 16.8. The van der Waals surface area contributed by atoms with Crippen LogP contribution in [0.5, 0.6) is 0 Å². The van der Waals surface area contributed by atoms with E-state index in [0.29, 0.717) is 29.5 Å². The molecule has 92 valence electrons. The molecule has 1 heterocycles. The number of rotatable bonds is 2. The van der Waals surface area contributed by atoms with Crippen molar-refractivity contribution in [1.82, 2.24) is 5.32 Å². The minimum Gasteiger partial charge on any atom is -0.397 e. The quantitative estimate of drug-likeness (QED) is 0.792. The third-order valence-electron chi connectivity index (χ3n) is 2.85. The molecule has 0 unspecified atom stereocenters. The standard InChI is InChI=1S/C12H15ClN2O2/c13-10-3-1-2-9(11(10)14)12(16)15-8-4-6-17-7-5-8/h1-3,8H,4-7,14H2,(H,15,16). The van der Waals surface area contributed by atoms with E-state index in [4.69, 9.17) is 22.1 Å². The van der Waals surface area contributed by atoms with Gasteiger partial charge in [-0.1, -0.05) is 17.7 Å². The van der Waals surface area contributed by atoms with Gasteiger partial charge >= 0.3 is 0 Å². The molecule has 3 N–H and O–H groups in total. The lowest BCUT2D eigenvalue weighted by molar-refractivity contribution is 0.0697. The van der Waals surface area contributed by atoms with Gasteiger partial charge in [0.2, 0.25) is 0 Å². The Labute approximate surface area is 105 Å². The van der Waals surface area contributed by atoms with Gasteiger partial charge in [0.25, 0.3) is 5.91 Å². The number of hydrogen-bond acceptors (Lipinski definition) is 3. The van der Waals surface area contributed by atoms with Crippen LogP contribution in [0.25, 0.3) is 0 Å². The van der Waals surface area contributed by atoms with Crippen molar-refractivity contribution in [1.29, 1.82) is 0 Å². The predicted molar refractivity (Wildman–Crippen MR) is 67.2 cm³/mol. The zero-order valence-corrected chi connectivity index (χ0v) is 10.2. The summed E-state index contributed by atoms with van der Waals surface area (Å²) in [5.41, 5.74) is 6.54. The summed E-state index contributed by atoms with van der Waals surface area (Å²) in [7, 11) is 0. The number of amides is 1. The molecule has 17 heavy (non-hydrogen) atoms. The lowest BCUT2D eigenvalue weighted by atomic mass is 10.1. The molecule has 1 fully saturated rings. The lowest BCUT2D eigenvalue weighted by Gasteiger charge is -2.23. The third-order valence-corrected chi connectivity index (χ3v) is 3.18. The zero-order chi connectivity index (χ0) is 12.3. The van der Waals surface area contributed by atoms with Gasteiger partial charge in [-0.2, -0.15) is 0 Å². The number of carbonyl (C=O) groups is 1. The number of halogens is 1. The van der Waals surface area contributed by atoms with Crippen molar-refractivity contribution in [2.45, 2.75) is 18.9 Å². The van der Waals surface area contributed by atoms with Crippen LogP contribution in [0.4, 0.5) is 5.69 Å². The molecule has 0 spiro atoms. The number of carbonyl (C=O) groups excluding carboxylic acids is 1. The Morgan fingerprint density at radius 3 is 2.82 bits per heavy atom. The molecular weight excluding hydrogens is 240 g/mol. The molecule has 0 aliphatic carbocycles. The molecule has 5 heteroatoms. The van der Waals surface area contributed by atoms with Crippen molar-refractivity contribution in [3.05, 3.63) is 28.8 Å². The fourth-order valence-electron chi connectivity index (χ4n) is 1.84. The van der Waals surface area contributed by atoms with Crippen molar-refractivity contribution in [3.63, 3.8) is 0 Å². The van der Waals surface area contributed by atoms with Gasteiger partial charge in [0, 0.05) is 19.3 Å². The van der Waals surface area contributed by atoms with E-state index >= 15 is 0 Å². The Balaban J connectivity index is 2.06. The average Bonchev–Trinajstić information content (AvgIpc) is 2.34. The number of nitrogens with two attached hydrogens (primary N) is 1. The van der Waals surface area contributed by atoms with Crippen molar-refractivity contribution in [2.75, 3.05) is 18.9 Å². The van der Waals surface area contributed by atoms with Crippen LogP contribution in [0, 0.1) is 0 Å². The minimum absolute atomic E-state index is 0.162. The van der Waals surface area contributed by atoms with Gasteiger partial charge in [0.1, 0.15) is 0 Å². The van der Waals surface area contributed by atoms with Crippen molar-refractivity contribution >= 4 is 23.2 Å². The van der Waals surface area contributed by atoms with Gasteiger partial charge in [-0.05, 0) is 25.0 Å². The maximum Gasteiger partial charge on any atom is 0.253 e. The van der Waals surface area contributed by atoms with Crippen molar-refractivity contribution in [3.8, 4) is 0 Å². The summed E-state index contributed by atoms with van der Waals surface area (Å²) < 4.78 is 5.23. The minimum atomic E-state index is -0.170. The van der Waals surface area contributed by atoms with Crippen molar-refractivity contribution in [2.24, 2.45) is 0 Å². The van der Waals surface area contributed by atoms with Crippen LogP contribution in [-0.4, -0.2) is 25.2 Å². The molecule has 1 aromatic rings. The molecule has 1 saturated heterocycles. The average molecular weight is 255 g/mol. The number of ether oxygens (including phenoxy) is 1. The van der Waals surface area contributed by atoms with Crippen LogP contribution < -0.4 is 11.1 Å². The van der Waals surface area contributed by atoms with E-state index in [1.807, 2.05) is 0 Å². The number of para-hydroxylation sites is 1. The molecule has 0 saturated carbocycles. The second-order valence-electron chi connectivity index (χ2n) is 4.06. The highest BCUT2D eigenvalue weighted by atomic mass is 35.5. The molecule has 1 aromatic carbocycles. The predicted octanol–water partition coefficient (Wildman–Crippen LogP) is 1.83. The SMILES string of the molecule is Nc1c(Cl)cccc1C(=O)NC1CCOCC1. The molecule has 0 radical (unpaired) electrons. The van der Waals surface area contributed by atoms with E-state index in [0.717, 1.165) is 12.8 Å². The Kier molecular flexibility index (Phi) is 3.86. The van der Waals surface area contributed by atoms with Crippen molar-refractivity contribution < 1.29 is 9.53 Å². The first-order valence-electron chi connectivity index (χ1n) is 5.61. The summed E-state index contributed by atoms with van der Waals surface area (Å²) >= 11 is 5.88. The van der Waals surface area contributed by atoms with Gasteiger partial charge in [-0.25, -0.2) is 0 Å². The molecule has 0 atom stereocenters. The van der Waals surface area contributed by atoms with Gasteiger partial charge in [-0.3, -0.25) is 4.79 Å². The molecule has 0 aromatic heterocycles. The number of benzene rings is 1. The summed E-state index contributed by atoms with van der Waals surface area (Å²) in [5, 5.41) is 3.35. The highest BCUT2D eigenvalue weighted by molar-refractivity contribution is 6.33. The largest absolute Gasteiger partial charge is 0.397 e. The van der Waals surface area contributed by atoms with E-state index in [1.54, 1.807) is 18.2 Å². The summed E-state index contributed by atoms with van der Waals surface area (Å²) in [6.07, 6.45) is 1.68. The van der Waals surface area contributed by atoms with Crippen LogP contribution in [0.3, 0.4) is 0 Å². The maximum atomic E-state index is 12.0. The summed E-state index contributed by atoms with van der Waals surface area (Å²) in [4.78, 5) is 12.0. The first kappa shape index (κ1) is 12.2. The van der Waals surface area contributed by atoms with Gasteiger partial charge in [0.15, 0.2) is 0 Å². The summed E-state index contributed by atoms with van der Waals surface area (Å²) in [5.74, 6) is -0.170. The lowest BCUT2D eigenvalue weighted by Crippen LogP contribution is -2.39. The number of anilines is 1. The second-order valence-corrected chi connectivity index (χ2v) is 4.47. The van der Waals surface area contributed by atoms with E-state index < -0.39 is 0 Å². The smallest absolute Gasteiger partial charge is 0.253 e. The Morgan fingerprint density at radius 1 is 1.41 bits per heavy atom. The molecular formula is C12H15ClN2O2. The second kappa shape index (κ2) is 5.38. The Hall–Kier alpha value is -1.26. The molecule has 0 bridgehead atoms. The molecule has 1 aliphatic rings. The monoisotopic (exact) mass is 254 g/mol. The molecule has 2 rings (SSSR count). The zero-order valence-electron chi connectivity index (χ0n) is 9.41. The fraction of sp³-hybridized carbons (Fsp3) is 0.417. The molecule has 4 nitrogen and oxygen atoms in total. The number of hydrogen-bond donors (Lipinski definition) is 2. The maximum absolute atomic E-state index is 12.0. The highest BCUT2D eigenvalue weighted by Gasteiger charge is 2.18. The number of nitrogen functional groups attached to an aromatic ring is 1. The molecule has 1 amide bonds. The van der Waals surface area contributed by atoms with Crippen LogP contribution in [0.15, 0.2) is 18.2 Å². The van der Waals surface area contributed by atoms with Crippen LogP contribution >= 0.6 is 11.6 Å². The van der Waals surface area contributed by atoms with Crippen LogP contribution in [0.1, 0.15) is 23.2 Å².